The molecule has 1 saturated heterocycles. The van der Waals surface area contributed by atoms with Gasteiger partial charge in [-0.25, -0.2) is 0 Å². The van der Waals surface area contributed by atoms with Crippen LogP contribution in [0.15, 0.2) is 0 Å². The molecule has 104 valence electrons. The molecule has 4 heteroatoms. The molecule has 1 aliphatic heterocycles. The second-order valence-corrected chi connectivity index (χ2v) is 6.32. The quantitative estimate of drug-likeness (QED) is 0.767. The summed E-state index contributed by atoms with van der Waals surface area (Å²) in [7, 11) is 0. The third-order valence-corrected chi connectivity index (χ3v) is 5.31. The summed E-state index contributed by atoms with van der Waals surface area (Å²) in [6.07, 6.45) is 8.66. The minimum absolute atomic E-state index is 0. The van der Waals surface area contributed by atoms with Crippen LogP contribution in [0.25, 0.3) is 0 Å². The lowest BCUT2D eigenvalue weighted by Gasteiger charge is -2.42. The molecule has 0 aromatic carbocycles. The molecule has 0 spiro atoms. The fraction of sp³-hybridized carbons (Fsp3) is 0.929. The van der Waals surface area contributed by atoms with Gasteiger partial charge in [0.1, 0.15) is 0 Å². The lowest BCUT2D eigenvalue weighted by Crippen LogP contribution is -2.46. The molecular weight excluding hydrogens is 232 g/mol. The Morgan fingerprint density at radius 2 is 1.89 bits per heavy atom. The third kappa shape index (κ3) is 2.05. The van der Waals surface area contributed by atoms with E-state index in [1.54, 1.807) is 0 Å². The molecule has 0 amide bonds. The van der Waals surface area contributed by atoms with Crippen molar-refractivity contribution in [3.63, 3.8) is 0 Å². The van der Waals surface area contributed by atoms with Crippen molar-refractivity contribution in [3.05, 3.63) is 0 Å². The molecule has 3 rings (SSSR count). The number of carbonyl (C=O) groups is 1. The summed E-state index contributed by atoms with van der Waals surface area (Å²) in [6, 6.07) is 0. The number of epoxide rings is 1. The minimum Gasteiger partial charge on any atom is -0.481 e. The molecule has 0 bridgehead atoms. The van der Waals surface area contributed by atoms with E-state index in [4.69, 9.17) is 4.74 Å². The summed E-state index contributed by atoms with van der Waals surface area (Å²) in [5.74, 6) is 0.237. The topological polar surface area (TPSA) is 81.3 Å². The van der Waals surface area contributed by atoms with Crippen LogP contribution in [0, 0.1) is 17.3 Å². The van der Waals surface area contributed by atoms with Crippen LogP contribution in [0.3, 0.4) is 0 Å². The average molecular weight is 256 g/mol. The van der Waals surface area contributed by atoms with Crippen LogP contribution in [0.5, 0.6) is 0 Å². The smallest absolute Gasteiger partial charge is 0.309 e. The fourth-order valence-electron chi connectivity index (χ4n) is 4.21. The largest absolute Gasteiger partial charge is 0.481 e. The number of ether oxygens (including phenoxy) is 1. The molecule has 0 aromatic heterocycles. The molecule has 18 heavy (non-hydrogen) atoms. The third-order valence-electron chi connectivity index (χ3n) is 5.31. The number of fused-ring (bicyclic) bond motifs is 1. The molecule has 3 fully saturated rings. The summed E-state index contributed by atoms with van der Waals surface area (Å²) >= 11 is 0. The zero-order chi connectivity index (χ0) is 12.0. The summed E-state index contributed by atoms with van der Waals surface area (Å²) in [6.45, 7) is 1.95. The van der Waals surface area contributed by atoms with Crippen molar-refractivity contribution in [1.29, 1.82) is 0 Å². The van der Waals surface area contributed by atoms with Gasteiger partial charge < -0.3 is 15.3 Å². The van der Waals surface area contributed by atoms with Gasteiger partial charge in [-0.3, -0.25) is 4.79 Å². The molecule has 2 aliphatic carbocycles. The number of carboxylic acid groups (broad SMARTS) is 1. The summed E-state index contributed by atoms with van der Waals surface area (Å²) < 4.78 is 5.73. The molecule has 1 heterocycles. The number of carboxylic acids is 1. The van der Waals surface area contributed by atoms with E-state index in [2.05, 4.69) is 0 Å². The Kier molecular flexibility index (Phi) is 3.70. The Balaban J connectivity index is 0.00000120. The molecular formula is C14H24O4. The van der Waals surface area contributed by atoms with E-state index in [1.807, 2.05) is 6.92 Å². The first-order valence-corrected chi connectivity index (χ1v) is 7.02. The fourth-order valence-corrected chi connectivity index (χ4v) is 4.21. The van der Waals surface area contributed by atoms with Gasteiger partial charge >= 0.3 is 5.97 Å². The molecule has 2 saturated carbocycles. The number of hydrogen-bond donors (Lipinski definition) is 1. The van der Waals surface area contributed by atoms with E-state index in [1.165, 1.54) is 32.1 Å². The highest BCUT2D eigenvalue weighted by atomic mass is 16.6. The Morgan fingerprint density at radius 3 is 2.50 bits per heavy atom. The second kappa shape index (κ2) is 4.82. The highest BCUT2D eigenvalue weighted by molar-refractivity contribution is 5.75. The predicted molar refractivity (Wildman–Crippen MR) is 67.3 cm³/mol. The van der Waals surface area contributed by atoms with Crippen LogP contribution in [0.4, 0.5) is 0 Å². The van der Waals surface area contributed by atoms with Crippen LogP contribution in [-0.4, -0.2) is 28.8 Å². The number of hydrogen-bond acceptors (Lipinski definition) is 2. The Hall–Kier alpha value is -0.610. The standard InChI is InChI=1S/C14H22O3.H2O/c1-14(13(15)16)8-7-10-12(17-10)11(14)9-5-3-2-4-6-9;/h9-12H,2-8H2,1H3,(H,15,16);1H2. The van der Waals surface area contributed by atoms with Crippen LogP contribution in [0.2, 0.25) is 0 Å². The summed E-state index contributed by atoms with van der Waals surface area (Å²) in [4.78, 5) is 11.6. The van der Waals surface area contributed by atoms with Crippen molar-refractivity contribution in [2.75, 3.05) is 0 Å². The van der Waals surface area contributed by atoms with Crippen molar-refractivity contribution < 1.29 is 20.1 Å². The lowest BCUT2D eigenvalue weighted by molar-refractivity contribution is -0.155. The van der Waals surface area contributed by atoms with E-state index in [0.29, 0.717) is 12.0 Å². The zero-order valence-corrected chi connectivity index (χ0v) is 11.0. The van der Waals surface area contributed by atoms with Crippen molar-refractivity contribution in [3.8, 4) is 0 Å². The second-order valence-electron chi connectivity index (χ2n) is 6.32. The highest BCUT2D eigenvalue weighted by Gasteiger charge is 2.61. The minimum atomic E-state index is -0.609. The van der Waals surface area contributed by atoms with Gasteiger partial charge in [-0.1, -0.05) is 32.1 Å². The number of rotatable bonds is 2. The SMILES string of the molecule is CC1(C(=O)O)CCC2OC2C1C1CCCCC1.O. The van der Waals surface area contributed by atoms with E-state index in [9.17, 15) is 9.90 Å². The van der Waals surface area contributed by atoms with Crippen LogP contribution >= 0.6 is 0 Å². The van der Waals surface area contributed by atoms with Gasteiger partial charge in [-0.15, -0.1) is 0 Å². The van der Waals surface area contributed by atoms with Crippen LogP contribution < -0.4 is 0 Å². The Labute approximate surface area is 108 Å². The maximum absolute atomic E-state index is 11.6. The first-order chi connectivity index (χ1) is 8.13. The van der Waals surface area contributed by atoms with E-state index < -0.39 is 11.4 Å². The van der Waals surface area contributed by atoms with Gasteiger partial charge in [0, 0.05) is 5.92 Å². The molecule has 3 aliphatic rings. The maximum Gasteiger partial charge on any atom is 0.309 e. The van der Waals surface area contributed by atoms with E-state index in [0.717, 1.165) is 12.8 Å². The molecule has 0 aromatic rings. The summed E-state index contributed by atoms with van der Waals surface area (Å²) in [5.41, 5.74) is -0.542. The molecule has 4 unspecified atom stereocenters. The van der Waals surface area contributed by atoms with Gasteiger partial charge in [0.05, 0.1) is 17.6 Å². The van der Waals surface area contributed by atoms with Crippen molar-refractivity contribution in [2.24, 2.45) is 17.3 Å². The average Bonchev–Trinajstić information content (AvgIpc) is 3.08. The predicted octanol–water partition coefficient (Wildman–Crippen LogP) is 2.01. The van der Waals surface area contributed by atoms with Crippen molar-refractivity contribution in [1.82, 2.24) is 0 Å². The molecule has 3 N–H and O–H groups in total. The molecule has 4 atom stereocenters. The highest BCUT2D eigenvalue weighted by Crippen LogP contribution is 2.55. The van der Waals surface area contributed by atoms with Gasteiger partial charge in [0.15, 0.2) is 0 Å². The first kappa shape index (κ1) is 13.8. The lowest BCUT2D eigenvalue weighted by atomic mass is 9.60. The number of aliphatic carboxylic acids is 1. The Bertz CT molecular complexity index is 324. The van der Waals surface area contributed by atoms with Crippen molar-refractivity contribution >= 4 is 5.97 Å². The van der Waals surface area contributed by atoms with Gasteiger partial charge in [0.2, 0.25) is 0 Å². The monoisotopic (exact) mass is 256 g/mol. The van der Waals surface area contributed by atoms with E-state index >= 15 is 0 Å². The summed E-state index contributed by atoms with van der Waals surface area (Å²) in [5, 5.41) is 9.58. The van der Waals surface area contributed by atoms with Gasteiger partial charge in [-0.2, -0.15) is 0 Å². The van der Waals surface area contributed by atoms with Crippen LogP contribution in [-0.2, 0) is 9.53 Å². The van der Waals surface area contributed by atoms with Gasteiger partial charge in [0.25, 0.3) is 0 Å². The van der Waals surface area contributed by atoms with Gasteiger partial charge in [-0.05, 0) is 25.7 Å². The normalized spacial score (nSPS) is 43.7. The Morgan fingerprint density at radius 1 is 1.22 bits per heavy atom. The van der Waals surface area contributed by atoms with Crippen LogP contribution in [0.1, 0.15) is 51.9 Å². The maximum atomic E-state index is 11.6. The first-order valence-electron chi connectivity index (χ1n) is 7.02. The van der Waals surface area contributed by atoms with Crippen molar-refractivity contribution in [2.45, 2.75) is 64.1 Å². The van der Waals surface area contributed by atoms with E-state index in [-0.39, 0.29) is 17.5 Å². The zero-order valence-electron chi connectivity index (χ0n) is 11.0. The molecule has 4 nitrogen and oxygen atoms in total. The molecule has 0 radical (unpaired) electrons.